The van der Waals surface area contributed by atoms with Gasteiger partial charge in [0.05, 0.1) is 0 Å². The second-order valence-corrected chi connectivity index (χ2v) is 5.63. The van der Waals surface area contributed by atoms with Crippen LogP contribution in [0.4, 0.5) is 0 Å². The van der Waals surface area contributed by atoms with Gasteiger partial charge in [-0.2, -0.15) is 0 Å². The highest BCUT2D eigenvalue weighted by Crippen LogP contribution is 2.18. The largest absolute Gasteiger partial charge is 0.361 e. The molecule has 2 heteroatoms. The lowest BCUT2D eigenvalue weighted by molar-refractivity contribution is 0.616. The molecule has 108 valence electrons. The van der Waals surface area contributed by atoms with Gasteiger partial charge in [0.2, 0.25) is 0 Å². The highest BCUT2D eigenvalue weighted by atomic mass is 14.9. The molecular weight excluding hydrogens is 256 g/mol. The molecule has 3 aromatic rings. The lowest BCUT2D eigenvalue weighted by Gasteiger charge is -2.12. The Morgan fingerprint density at radius 1 is 1.00 bits per heavy atom. The standard InChI is InChI=1S/C19H22N2/c1-15(16-7-3-2-4-8-16)13-20-12-11-17-14-21-19-10-6-5-9-18(17)19/h2-10,14-15,20-21H,11-13H2,1H3. The van der Waals surface area contributed by atoms with E-state index < -0.39 is 0 Å². The lowest BCUT2D eigenvalue weighted by Crippen LogP contribution is -2.22. The van der Waals surface area contributed by atoms with E-state index in [1.54, 1.807) is 0 Å². The number of para-hydroxylation sites is 1. The van der Waals surface area contributed by atoms with E-state index in [9.17, 15) is 0 Å². The van der Waals surface area contributed by atoms with Crippen LogP contribution in [0.2, 0.25) is 0 Å². The van der Waals surface area contributed by atoms with E-state index in [0.29, 0.717) is 5.92 Å². The van der Waals surface area contributed by atoms with Gasteiger partial charge in [0.15, 0.2) is 0 Å². The first-order valence-corrected chi connectivity index (χ1v) is 7.65. The number of nitrogens with one attached hydrogen (secondary N) is 2. The zero-order chi connectivity index (χ0) is 14.5. The Balaban J connectivity index is 1.50. The number of aromatic amines is 1. The molecule has 0 fully saturated rings. The van der Waals surface area contributed by atoms with Crippen LogP contribution >= 0.6 is 0 Å². The molecule has 3 rings (SSSR count). The fourth-order valence-corrected chi connectivity index (χ4v) is 2.78. The van der Waals surface area contributed by atoms with Crippen LogP contribution < -0.4 is 5.32 Å². The molecule has 0 aliphatic rings. The maximum absolute atomic E-state index is 3.57. The van der Waals surface area contributed by atoms with E-state index in [0.717, 1.165) is 19.5 Å². The van der Waals surface area contributed by atoms with E-state index in [1.165, 1.54) is 22.0 Å². The second-order valence-electron chi connectivity index (χ2n) is 5.63. The van der Waals surface area contributed by atoms with E-state index in [2.05, 4.69) is 78.0 Å². The SMILES string of the molecule is CC(CNCCc1c[nH]c2ccccc12)c1ccccc1. The number of H-pyrrole nitrogens is 1. The van der Waals surface area contributed by atoms with Gasteiger partial charge in [0, 0.05) is 23.6 Å². The quantitative estimate of drug-likeness (QED) is 0.653. The Hall–Kier alpha value is -2.06. The highest BCUT2D eigenvalue weighted by Gasteiger charge is 2.05. The van der Waals surface area contributed by atoms with E-state index >= 15 is 0 Å². The van der Waals surface area contributed by atoms with Crippen molar-refractivity contribution in [2.45, 2.75) is 19.3 Å². The Labute approximate surface area is 126 Å². The summed E-state index contributed by atoms with van der Waals surface area (Å²) >= 11 is 0. The van der Waals surface area contributed by atoms with Crippen LogP contribution in [0.1, 0.15) is 24.0 Å². The van der Waals surface area contributed by atoms with E-state index in [-0.39, 0.29) is 0 Å². The van der Waals surface area contributed by atoms with Gasteiger partial charge in [0.1, 0.15) is 0 Å². The van der Waals surface area contributed by atoms with Crippen LogP contribution in [0.5, 0.6) is 0 Å². The van der Waals surface area contributed by atoms with Crippen molar-refractivity contribution in [3.8, 4) is 0 Å². The molecule has 0 amide bonds. The van der Waals surface area contributed by atoms with Gasteiger partial charge in [-0.25, -0.2) is 0 Å². The molecular formula is C19H22N2. The molecule has 0 aliphatic carbocycles. The van der Waals surface area contributed by atoms with Crippen LogP contribution in [0.3, 0.4) is 0 Å². The van der Waals surface area contributed by atoms with Gasteiger partial charge in [-0.1, -0.05) is 55.5 Å². The fraction of sp³-hybridized carbons (Fsp3) is 0.263. The molecule has 2 aromatic carbocycles. The zero-order valence-electron chi connectivity index (χ0n) is 12.5. The first kappa shape index (κ1) is 13.9. The molecule has 0 bridgehead atoms. The minimum atomic E-state index is 0.550. The molecule has 2 N–H and O–H groups in total. The highest BCUT2D eigenvalue weighted by molar-refractivity contribution is 5.83. The van der Waals surface area contributed by atoms with Crippen molar-refractivity contribution in [3.05, 3.63) is 71.9 Å². The first-order valence-electron chi connectivity index (χ1n) is 7.65. The summed E-state index contributed by atoms with van der Waals surface area (Å²) in [6.45, 7) is 4.30. The maximum Gasteiger partial charge on any atom is 0.0456 e. The first-order chi connectivity index (χ1) is 10.3. The summed E-state index contributed by atoms with van der Waals surface area (Å²) < 4.78 is 0. The Morgan fingerprint density at radius 2 is 1.76 bits per heavy atom. The molecule has 0 radical (unpaired) electrons. The van der Waals surface area contributed by atoms with Crippen molar-refractivity contribution in [1.29, 1.82) is 0 Å². The number of aromatic nitrogens is 1. The third-order valence-corrected chi connectivity index (χ3v) is 4.07. The van der Waals surface area contributed by atoms with Crippen LogP contribution in [0.25, 0.3) is 10.9 Å². The average molecular weight is 278 g/mol. The van der Waals surface area contributed by atoms with Gasteiger partial charge in [-0.3, -0.25) is 0 Å². The third kappa shape index (κ3) is 3.34. The number of hydrogen-bond acceptors (Lipinski definition) is 1. The minimum Gasteiger partial charge on any atom is -0.361 e. The van der Waals surface area contributed by atoms with Gasteiger partial charge in [-0.05, 0) is 36.1 Å². The molecule has 0 saturated heterocycles. The lowest BCUT2D eigenvalue weighted by atomic mass is 10.0. The van der Waals surface area contributed by atoms with Gasteiger partial charge >= 0.3 is 0 Å². The number of hydrogen-bond donors (Lipinski definition) is 2. The molecule has 1 atom stereocenters. The van der Waals surface area contributed by atoms with Crippen LogP contribution in [-0.4, -0.2) is 18.1 Å². The van der Waals surface area contributed by atoms with Crippen molar-refractivity contribution in [1.82, 2.24) is 10.3 Å². The molecule has 2 nitrogen and oxygen atoms in total. The molecule has 21 heavy (non-hydrogen) atoms. The average Bonchev–Trinajstić information content (AvgIpc) is 2.95. The summed E-state index contributed by atoms with van der Waals surface area (Å²) in [5.74, 6) is 0.550. The maximum atomic E-state index is 3.57. The molecule has 1 unspecified atom stereocenters. The van der Waals surface area contributed by atoms with E-state index in [4.69, 9.17) is 0 Å². The second kappa shape index (κ2) is 6.59. The van der Waals surface area contributed by atoms with Crippen molar-refractivity contribution >= 4 is 10.9 Å². The normalized spacial score (nSPS) is 12.6. The Kier molecular flexibility index (Phi) is 4.37. The molecule has 1 heterocycles. The van der Waals surface area contributed by atoms with Gasteiger partial charge in [-0.15, -0.1) is 0 Å². The van der Waals surface area contributed by atoms with Gasteiger partial charge in [0.25, 0.3) is 0 Å². The van der Waals surface area contributed by atoms with Crippen LogP contribution in [0.15, 0.2) is 60.8 Å². The third-order valence-electron chi connectivity index (χ3n) is 4.07. The minimum absolute atomic E-state index is 0.550. The smallest absolute Gasteiger partial charge is 0.0456 e. The Morgan fingerprint density at radius 3 is 2.62 bits per heavy atom. The molecule has 0 aliphatic heterocycles. The topological polar surface area (TPSA) is 27.8 Å². The zero-order valence-corrected chi connectivity index (χ0v) is 12.5. The summed E-state index contributed by atoms with van der Waals surface area (Å²) in [6, 6.07) is 19.2. The number of benzene rings is 2. The van der Waals surface area contributed by atoms with Crippen LogP contribution in [-0.2, 0) is 6.42 Å². The van der Waals surface area contributed by atoms with Crippen molar-refractivity contribution in [2.75, 3.05) is 13.1 Å². The summed E-state index contributed by atoms with van der Waals surface area (Å²) in [4.78, 5) is 3.34. The predicted molar refractivity (Wildman–Crippen MR) is 89.7 cm³/mol. The summed E-state index contributed by atoms with van der Waals surface area (Å²) in [6.07, 6.45) is 3.19. The molecule has 1 aromatic heterocycles. The van der Waals surface area contributed by atoms with Crippen molar-refractivity contribution < 1.29 is 0 Å². The summed E-state index contributed by atoms with van der Waals surface area (Å²) in [7, 11) is 0. The number of fused-ring (bicyclic) bond motifs is 1. The van der Waals surface area contributed by atoms with E-state index in [1.807, 2.05) is 0 Å². The number of rotatable bonds is 6. The molecule has 0 spiro atoms. The van der Waals surface area contributed by atoms with Crippen molar-refractivity contribution in [2.24, 2.45) is 0 Å². The molecule has 0 saturated carbocycles. The monoisotopic (exact) mass is 278 g/mol. The summed E-state index contributed by atoms with van der Waals surface area (Å²) in [5.41, 5.74) is 4.02. The van der Waals surface area contributed by atoms with Crippen LogP contribution in [0, 0.1) is 0 Å². The fourth-order valence-electron chi connectivity index (χ4n) is 2.78. The predicted octanol–water partition coefficient (Wildman–Crippen LogP) is 4.10. The summed E-state index contributed by atoms with van der Waals surface area (Å²) in [5, 5.41) is 4.92. The van der Waals surface area contributed by atoms with Crippen molar-refractivity contribution in [3.63, 3.8) is 0 Å². The Bertz CT molecular complexity index is 685. The van der Waals surface area contributed by atoms with Gasteiger partial charge < -0.3 is 10.3 Å².